The van der Waals surface area contributed by atoms with Crippen molar-refractivity contribution in [3.05, 3.63) is 35.0 Å². The van der Waals surface area contributed by atoms with Gasteiger partial charge in [0.05, 0.1) is 7.11 Å². The van der Waals surface area contributed by atoms with E-state index in [9.17, 15) is 0 Å². The van der Waals surface area contributed by atoms with E-state index < -0.39 is 0 Å². The minimum atomic E-state index is 0.929. The number of anilines is 1. The first-order valence-electron chi connectivity index (χ1n) is 6.92. The molecule has 0 aliphatic carbocycles. The van der Waals surface area contributed by atoms with E-state index in [-0.39, 0.29) is 0 Å². The molecule has 1 fully saturated rings. The van der Waals surface area contributed by atoms with Gasteiger partial charge < -0.3 is 14.5 Å². The Kier molecular flexibility index (Phi) is 3.94. The predicted octanol–water partition coefficient (Wildman–Crippen LogP) is 3.18. The average Bonchev–Trinajstić information content (AvgIpc) is 3.01. The number of ether oxygens (including phenoxy) is 1. The van der Waals surface area contributed by atoms with Crippen molar-refractivity contribution in [2.24, 2.45) is 0 Å². The van der Waals surface area contributed by atoms with Crippen molar-refractivity contribution >= 4 is 17.0 Å². The first kappa shape index (κ1) is 13.5. The average molecular weight is 288 g/mol. The molecule has 0 atom stereocenters. The van der Waals surface area contributed by atoms with Gasteiger partial charge in [-0.1, -0.05) is 0 Å². The highest BCUT2D eigenvalue weighted by Crippen LogP contribution is 2.35. The van der Waals surface area contributed by atoms with E-state index in [1.807, 2.05) is 6.07 Å². The van der Waals surface area contributed by atoms with E-state index in [4.69, 9.17) is 4.74 Å². The molecule has 2 heterocycles. The number of nitrogens with zero attached hydrogens (tertiary/aromatic N) is 2. The molecule has 0 bridgehead atoms. The minimum Gasteiger partial charge on any atom is -0.497 e. The number of benzene rings is 1. The predicted molar refractivity (Wildman–Crippen MR) is 86.0 cm³/mol. The number of likely N-dealkylation sites (N-methyl/N-ethyl adjacent to an activating group) is 1. The molecule has 0 radical (unpaired) electrons. The molecular formula is C16H20N2OS. The third kappa shape index (κ3) is 2.67. The first-order chi connectivity index (χ1) is 9.78. The maximum Gasteiger partial charge on any atom is 0.120 e. The van der Waals surface area contributed by atoms with E-state index in [1.54, 1.807) is 18.4 Å². The molecule has 0 unspecified atom stereocenters. The van der Waals surface area contributed by atoms with Crippen molar-refractivity contribution < 1.29 is 4.74 Å². The summed E-state index contributed by atoms with van der Waals surface area (Å²) in [7, 11) is 3.91. The van der Waals surface area contributed by atoms with Crippen LogP contribution in [0.3, 0.4) is 0 Å². The molecule has 3 rings (SSSR count). The van der Waals surface area contributed by atoms with Crippen LogP contribution >= 0.6 is 11.3 Å². The fourth-order valence-electron chi connectivity index (χ4n) is 2.61. The molecule has 1 aliphatic heterocycles. The summed E-state index contributed by atoms with van der Waals surface area (Å²) in [5.74, 6) is 0.929. The molecular weight excluding hydrogens is 268 g/mol. The maximum atomic E-state index is 5.40. The highest BCUT2D eigenvalue weighted by atomic mass is 32.1. The van der Waals surface area contributed by atoms with Gasteiger partial charge in [-0.05, 0) is 41.6 Å². The fraction of sp³-hybridized carbons (Fsp3) is 0.375. The molecule has 1 saturated heterocycles. The quantitative estimate of drug-likeness (QED) is 0.863. The number of piperazine rings is 1. The molecule has 3 nitrogen and oxygen atoms in total. The minimum absolute atomic E-state index is 0.929. The highest BCUT2D eigenvalue weighted by molar-refractivity contribution is 7.08. The lowest BCUT2D eigenvalue weighted by Gasteiger charge is -2.35. The Labute approximate surface area is 124 Å². The van der Waals surface area contributed by atoms with E-state index in [2.05, 4.69) is 45.8 Å². The maximum absolute atomic E-state index is 5.40. The lowest BCUT2D eigenvalue weighted by molar-refractivity contribution is 0.313. The molecule has 0 saturated carbocycles. The number of hydrogen-bond donors (Lipinski definition) is 0. The molecule has 106 valence electrons. The number of methoxy groups -OCH3 is 1. The Balaban J connectivity index is 1.98. The second-order valence-corrected chi connectivity index (χ2v) is 5.97. The Morgan fingerprint density at radius 3 is 2.55 bits per heavy atom. The third-order valence-corrected chi connectivity index (χ3v) is 4.56. The summed E-state index contributed by atoms with van der Waals surface area (Å²) >= 11 is 1.74. The van der Waals surface area contributed by atoms with Crippen LogP contribution in [0, 0.1) is 0 Å². The van der Waals surface area contributed by atoms with Crippen molar-refractivity contribution in [2.75, 3.05) is 45.2 Å². The van der Waals surface area contributed by atoms with Crippen molar-refractivity contribution in [1.29, 1.82) is 0 Å². The monoisotopic (exact) mass is 288 g/mol. The summed E-state index contributed by atoms with van der Waals surface area (Å²) in [6.45, 7) is 4.36. The van der Waals surface area contributed by atoms with Gasteiger partial charge in [0.25, 0.3) is 0 Å². The number of thiophene rings is 1. The molecule has 20 heavy (non-hydrogen) atoms. The molecule has 1 aromatic heterocycles. The summed E-state index contributed by atoms with van der Waals surface area (Å²) in [5, 5.41) is 4.34. The molecule has 2 aromatic rings. The van der Waals surface area contributed by atoms with Gasteiger partial charge in [-0.2, -0.15) is 11.3 Å². The van der Waals surface area contributed by atoms with E-state index in [1.165, 1.54) is 16.8 Å². The van der Waals surface area contributed by atoms with Crippen LogP contribution in [-0.2, 0) is 0 Å². The lowest BCUT2D eigenvalue weighted by Crippen LogP contribution is -2.44. The van der Waals surface area contributed by atoms with Crippen LogP contribution in [0.25, 0.3) is 11.1 Å². The third-order valence-electron chi connectivity index (χ3n) is 3.88. The Bertz CT molecular complexity index is 560. The van der Waals surface area contributed by atoms with Crippen LogP contribution in [0.2, 0.25) is 0 Å². The summed E-state index contributed by atoms with van der Waals surface area (Å²) in [4.78, 5) is 4.84. The van der Waals surface area contributed by atoms with Gasteiger partial charge in [0, 0.05) is 43.5 Å². The van der Waals surface area contributed by atoms with Crippen LogP contribution in [-0.4, -0.2) is 45.2 Å². The van der Waals surface area contributed by atoms with Gasteiger partial charge in [-0.25, -0.2) is 0 Å². The van der Waals surface area contributed by atoms with Gasteiger partial charge in [-0.3, -0.25) is 0 Å². The Morgan fingerprint density at radius 1 is 1.10 bits per heavy atom. The Hall–Kier alpha value is -1.52. The highest BCUT2D eigenvalue weighted by Gasteiger charge is 2.18. The largest absolute Gasteiger partial charge is 0.497 e. The smallest absolute Gasteiger partial charge is 0.120 e. The van der Waals surface area contributed by atoms with Crippen molar-refractivity contribution in [2.45, 2.75) is 0 Å². The normalized spacial score (nSPS) is 16.4. The van der Waals surface area contributed by atoms with Crippen molar-refractivity contribution in [3.63, 3.8) is 0 Å². The molecule has 0 amide bonds. The molecule has 1 aromatic carbocycles. The lowest BCUT2D eigenvalue weighted by atomic mass is 10.0. The molecule has 4 heteroatoms. The van der Waals surface area contributed by atoms with Crippen LogP contribution in [0.5, 0.6) is 5.75 Å². The van der Waals surface area contributed by atoms with Gasteiger partial charge in [0.15, 0.2) is 0 Å². The van der Waals surface area contributed by atoms with E-state index in [0.717, 1.165) is 31.9 Å². The summed E-state index contributed by atoms with van der Waals surface area (Å²) in [6.07, 6.45) is 0. The Morgan fingerprint density at radius 2 is 1.90 bits per heavy atom. The zero-order valence-electron chi connectivity index (χ0n) is 12.0. The van der Waals surface area contributed by atoms with Gasteiger partial charge in [-0.15, -0.1) is 0 Å². The zero-order valence-corrected chi connectivity index (χ0v) is 12.8. The van der Waals surface area contributed by atoms with Crippen LogP contribution in [0.4, 0.5) is 5.69 Å². The second-order valence-electron chi connectivity index (χ2n) is 5.19. The van der Waals surface area contributed by atoms with Gasteiger partial charge in [0.2, 0.25) is 0 Å². The number of rotatable bonds is 3. The SMILES string of the molecule is COc1ccc(-c2ccsc2)c(N2CCN(C)CC2)c1. The second kappa shape index (κ2) is 5.85. The number of hydrogen-bond acceptors (Lipinski definition) is 4. The van der Waals surface area contributed by atoms with Crippen LogP contribution < -0.4 is 9.64 Å². The van der Waals surface area contributed by atoms with Gasteiger partial charge in [0.1, 0.15) is 5.75 Å². The van der Waals surface area contributed by atoms with Gasteiger partial charge >= 0.3 is 0 Å². The van der Waals surface area contributed by atoms with E-state index in [0.29, 0.717) is 0 Å². The summed E-state index contributed by atoms with van der Waals surface area (Å²) in [6, 6.07) is 8.57. The van der Waals surface area contributed by atoms with Crippen LogP contribution in [0.15, 0.2) is 35.0 Å². The molecule has 0 N–H and O–H groups in total. The topological polar surface area (TPSA) is 15.7 Å². The van der Waals surface area contributed by atoms with Crippen molar-refractivity contribution in [3.8, 4) is 16.9 Å². The fourth-order valence-corrected chi connectivity index (χ4v) is 3.27. The summed E-state index contributed by atoms with van der Waals surface area (Å²) < 4.78 is 5.40. The summed E-state index contributed by atoms with van der Waals surface area (Å²) in [5.41, 5.74) is 3.89. The standard InChI is InChI=1S/C16H20N2OS/c1-17-6-8-18(9-7-17)16-11-14(19-2)3-4-15(16)13-5-10-20-12-13/h3-5,10-12H,6-9H2,1-2H3. The zero-order chi connectivity index (χ0) is 13.9. The van der Waals surface area contributed by atoms with E-state index >= 15 is 0 Å². The van der Waals surface area contributed by atoms with Crippen molar-refractivity contribution in [1.82, 2.24) is 4.90 Å². The van der Waals surface area contributed by atoms with Crippen LogP contribution in [0.1, 0.15) is 0 Å². The molecule has 1 aliphatic rings. The first-order valence-corrected chi connectivity index (χ1v) is 7.86. The molecule has 0 spiro atoms.